The van der Waals surface area contributed by atoms with Crippen molar-refractivity contribution in [1.29, 1.82) is 0 Å². The summed E-state index contributed by atoms with van der Waals surface area (Å²) in [6.07, 6.45) is -2.74. The minimum atomic E-state index is -4.28. The second-order valence-corrected chi connectivity index (χ2v) is 8.86. The SMILES string of the molecule is Cn1c(Cl)c2c(c1C(=O)NCc1ccccc1OCCC(F)(F)F)CCC(C)(C)C2. The Labute approximate surface area is 179 Å². The number of para-hydroxylation sites is 1. The van der Waals surface area contributed by atoms with E-state index in [1.165, 1.54) is 0 Å². The van der Waals surface area contributed by atoms with Gasteiger partial charge in [-0.05, 0) is 41.9 Å². The fourth-order valence-electron chi connectivity index (χ4n) is 3.87. The summed E-state index contributed by atoms with van der Waals surface area (Å²) in [7, 11) is 1.77. The van der Waals surface area contributed by atoms with Crippen molar-refractivity contribution in [2.24, 2.45) is 12.5 Å². The van der Waals surface area contributed by atoms with Gasteiger partial charge in [-0.2, -0.15) is 13.2 Å². The number of rotatable bonds is 6. The van der Waals surface area contributed by atoms with Crippen LogP contribution in [0.2, 0.25) is 5.15 Å². The Morgan fingerprint density at radius 1 is 1.27 bits per heavy atom. The summed E-state index contributed by atoms with van der Waals surface area (Å²) in [6.45, 7) is 4.05. The first-order chi connectivity index (χ1) is 14.0. The molecule has 1 amide bonds. The van der Waals surface area contributed by atoms with Crippen LogP contribution >= 0.6 is 11.6 Å². The summed E-state index contributed by atoms with van der Waals surface area (Å²) < 4.78 is 44.1. The van der Waals surface area contributed by atoms with Gasteiger partial charge in [0, 0.05) is 19.2 Å². The summed E-state index contributed by atoms with van der Waals surface area (Å²) >= 11 is 6.51. The van der Waals surface area contributed by atoms with Crippen molar-refractivity contribution in [1.82, 2.24) is 9.88 Å². The number of aromatic nitrogens is 1. The third-order valence-corrected chi connectivity index (χ3v) is 5.99. The molecule has 164 valence electrons. The molecule has 2 aromatic rings. The number of carbonyl (C=O) groups is 1. The van der Waals surface area contributed by atoms with E-state index in [-0.39, 0.29) is 17.9 Å². The van der Waals surface area contributed by atoms with Crippen molar-refractivity contribution in [2.45, 2.75) is 52.3 Å². The zero-order chi connectivity index (χ0) is 22.1. The molecule has 0 radical (unpaired) electrons. The minimum Gasteiger partial charge on any atom is -0.493 e. The maximum absolute atomic E-state index is 13.0. The molecule has 1 aliphatic carbocycles. The van der Waals surface area contributed by atoms with E-state index in [1.54, 1.807) is 35.9 Å². The van der Waals surface area contributed by atoms with E-state index in [2.05, 4.69) is 19.2 Å². The van der Waals surface area contributed by atoms with Crippen LogP contribution in [0.4, 0.5) is 13.2 Å². The first-order valence-electron chi connectivity index (χ1n) is 9.90. The number of benzene rings is 1. The maximum atomic E-state index is 13.0. The molecule has 1 heterocycles. The predicted octanol–water partition coefficient (Wildman–Crippen LogP) is 5.45. The lowest BCUT2D eigenvalue weighted by Crippen LogP contribution is -2.28. The Hall–Kier alpha value is -2.15. The standard InChI is InChI=1S/C22H26ClF3N2O2/c1-21(2)9-8-15-16(12-21)19(23)28(3)18(15)20(29)27-13-14-6-4-5-7-17(14)30-11-10-22(24,25)26/h4-7H,8-13H2,1-3H3,(H,27,29). The van der Waals surface area contributed by atoms with Crippen LogP contribution in [0.3, 0.4) is 0 Å². The third kappa shape index (κ3) is 5.12. The van der Waals surface area contributed by atoms with Gasteiger partial charge in [0.25, 0.3) is 5.91 Å². The number of nitrogens with one attached hydrogen (secondary N) is 1. The minimum absolute atomic E-state index is 0.137. The predicted molar refractivity (Wildman–Crippen MR) is 110 cm³/mol. The Kier molecular flexibility index (Phi) is 6.41. The van der Waals surface area contributed by atoms with Gasteiger partial charge >= 0.3 is 6.18 Å². The lowest BCUT2D eigenvalue weighted by molar-refractivity contribution is -0.139. The first kappa shape index (κ1) is 22.5. The normalized spacial score (nSPS) is 15.6. The molecule has 0 saturated heterocycles. The van der Waals surface area contributed by atoms with Crippen LogP contribution in [0, 0.1) is 5.41 Å². The number of alkyl halides is 3. The van der Waals surface area contributed by atoms with Gasteiger partial charge in [-0.1, -0.05) is 43.6 Å². The summed E-state index contributed by atoms with van der Waals surface area (Å²) in [6, 6.07) is 6.76. The van der Waals surface area contributed by atoms with Gasteiger partial charge in [0.05, 0.1) is 13.0 Å². The Balaban J connectivity index is 1.72. The highest BCUT2D eigenvalue weighted by atomic mass is 35.5. The Morgan fingerprint density at radius 3 is 2.67 bits per heavy atom. The monoisotopic (exact) mass is 442 g/mol. The van der Waals surface area contributed by atoms with Crippen LogP contribution in [-0.4, -0.2) is 23.3 Å². The van der Waals surface area contributed by atoms with Crippen molar-refractivity contribution < 1.29 is 22.7 Å². The maximum Gasteiger partial charge on any atom is 0.392 e. The molecule has 30 heavy (non-hydrogen) atoms. The highest BCUT2D eigenvalue weighted by Gasteiger charge is 2.33. The van der Waals surface area contributed by atoms with E-state index in [4.69, 9.17) is 16.3 Å². The number of ether oxygens (including phenoxy) is 1. The second kappa shape index (κ2) is 8.53. The average molecular weight is 443 g/mol. The van der Waals surface area contributed by atoms with Gasteiger partial charge < -0.3 is 14.6 Å². The zero-order valence-electron chi connectivity index (χ0n) is 17.3. The molecule has 1 aliphatic rings. The molecule has 3 rings (SSSR count). The van der Waals surface area contributed by atoms with E-state index < -0.39 is 19.2 Å². The topological polar surface area (TPSA) is 43.3 Å². The highest BCUT2D eigenvalue weighted by Crippen LogP contribution is 2.40. The number of hydrogen-bond acceptors (Lipinski definition) is 2. The molecule has 0 fully saturated rings. The van der Waals surface area contributed by atoms with Crippen molar-refractivity contribution >= 4 is 17.5 Å². The molecule has 1 aromatic heterocycles. The van der Waals surface area contributed by atoms with Crippen LogP contribution in [-0.2, 0) is 26.4 Å². The molecular formula is C22H26ClF3N2O2. The zero-order valence-corrected chi connectivity index (χ0v) is 18.1. The molecule has 1 N–H and O–H groups in total. The molecule has 8 heteroatoms. The van der Waals surface area contributed by atoms with Crippen molar-refractivity contribution in [3.8, 4) is 5.75 Å². The van der Waals surface area contributed by atoms with Crippen LogP contribution in [0.15, 0.2) is 24.3 Å². The van der Waals surface area contributed by atoms with Gasteiger partial charge in [0.15, 0.2) is 0 Å². The number of hydrogen-bond donors (Lipinski definition) is 1. The fraction of sp³-hybridized carbons (Fsp3) is 0.500. The molecule has 0 bridgehead atoms. The van der Waals surface area contributed by atoms with E-state index in [0.717, 1.165) is 30.4 Å². The van der Waals surface area contributed by atoms with Gasteiger partial charge in [-0.3, -0.25) is 4.79 Å². The average Bonchev–Trinajstić information content (AvgIpc) is 2.89. The van der Waals surface area contributed by atoms with Crippen LogP contribution in [0.5, 0.6) is 5.75 Å². The van der Waals surface area contributed by atoms with Gasteiger partial charge in [-0.25, -0.2) is 0 Å². The van der Waals surface area contributed by atoms with Crippen LogP contribution in [0.25, 0.3) is 0 Å². The quantitative estimate of drug-likeness (QED) is 0.646. The molecular weight excluding hydrogens is 417 g/mol. The number of nitrogens with zero attached hydrogens (tertiary/aromatic N) is 1. The molecule has 4 nitrogen and oxygen atoms in total. The van der Waals surface area contributed by atoms with Gasteiger partial charge in [-0.15, -0.1) is 0 Å². The van der Waals surface area contributed by atoms with E-state index in [0.29, 0.717) is 22.2 Å². The molecule has 0 aliphatic heterocycles. The summed E-state index contributed by atoms with van der Waals surface area (Å²) in [4.78, 5) is 13.0. The number of carbonyl (C=O) groups excluding carboxylic acids is 1. The van der Waals surface area contributed by atoms with E-state index in [1.807, 2.05) is 0 Å². The van der Waals surface area contributed by atoms with Crippen LogP contribution < -0.4 is 10.1 Å². The first-order valence-corrected chi connectivity index (χ1v) is 10.3. The van der Waals surface area contributed by atoms with Gasteiger partial charge in [0.1, 0.15) is 16.6 Å². The van der Waals surface area contributed by atoms with Crippen molar-refractivity contribution in [2.75, 3.05) is 6.61 Å². The molecule has 0 atom stereocenters. The lowest BCUT2D eigenvalue weighted by Gasteiger charge is -2.29. The Morgan fingerprint density at radius 2 is 1.97 bits per heavy atom. The summed E-state index contributed by atoms with van der Waals surface area (Å²) in [5, 5.41) is 3.45. The molecule has 0 saturated carbocycles. The molecule has 0 unspecified atom stereocenters. The molecule has 0 spiro atoms. The smallest absolute Gasteiger partial charge is 0.392 e. The largest absolute Gasteiger partial charge is 0.493 e. The number of fused-ring (bicyclic) bond motifs is 1. The Bertz CT molecular complexity index is 935. The lowest BCUT2D eigenvalue weighted by atomic mass is 9.75. The fourth-order valence-corrected chi connectivity index (χ4v) is 4.13. The number of amides is 1. The highest BCUT2D eigenvalue weighted by molar-refractivity contribution is 6.31. The molecule has 1 aromatic carbocycles. The van der Waals surface area contributed by atoms with Crippen molar-refractivity contribution in [3.05, 3.63) is 51.8 Å². The van der Waals surface area contributed by atoms with Crippen molar-refractivity contribution in [3.63, 3.8) is 0 Å². The van der Waals surface area contributed by atoms with Gasteiger partial charge in [0.2, 0.25) is 0 Å². The third-order valence-electron chi connectivity index (χ3n) is 5.51. The summed E-state index contributed by atoms with van der Waals surface area (Å²) in [5.41, 5.74) is 3.30. The van der Waals surface area contributed by atoms with E-state index >= 15 is 0 Å². The second-order valence-electron chi connectivity index (χ2n) is 8.50. The van der Waals surface area contributed by atoms with E-state index in [9.17, 15) is 18.0 Å². The number of halogens is 4. The van der Waals surface area contributed by atoms with Crippen LogP contribution in [0.1, 0.15) is 53.9 Å². The summed E-state index contributed by atoms with van der Waals surface area (Å²) in [5.74, 6) is 0.0705.